The number of aromatic nitrogens is 4. The van der Waals surface area contributed by atoms with E-state index >= 15 is 0 Å². The average Bonchev–Trinajstić information content (AvgIpc) is 2.25. The zero-order valence-electron chi connectivity index (χ0n) is 8.70. The molecule has 6 heteroatoms. The lowest BCUT2D eigenvalue weighted by Gasteiger charge is -2.04. The molecule has 0 spiro atoms. The SMILES string of the molecule is Cc1nccc(-c2nc(Cl)c(C)c(Cl)n2)n1. The first-order chi connectivity index (χ1) is 7.58. The number of hydrogen-bond donors (Lipinski definition) is 0. The van der Waals surface area contributed by atoms with Crippen LogP contribution in [-0.4, -0.2) is 19.9 Å². The average molecular weight is 255 g/mol. The molecule has 2 aromatic heterocycles. The van der Waals surface area contributed by atoms with Gasteiger partial charge >= 0.3 is 0 Å². The topological polar surface area (TPSA) is 51.6 Å². The minimum absolute atomic E-state index is 0.339. The molecule has 2 aromatic rings. The third-order valence-electron chi connectivity index (χ3n) is 2.03. The van der Waals surface area contributed by atoms with Gasteiger partial charge in [-0.05, 0) is 19.9 Å². The molecule has 0 aliphatic heterocycles. The maximum absolute atomic E-state index is 5.93. The largest absolute Gasteiger partial charge is 0.242 e. The molecule has 0 saturated carbocycles. The highest BCUT2D eigenvalue weighted by atomic mass is 35.5. The van der Waals surface area contributed by atoms with Crippen LogP contribution in [0.4, 0.5) is 0 Å². The molecule has 0 aliphatic carbocycles. The van der Waals surface area contributed by atoms with Crippen molar-refractivity contribution in [2.24, 2.45) is 0 Å². The van der Waals surface area contributed by atoms with E-state index in [9.17, 15) is 0 Å². The quantitative estimate of drug-likeness (QED) is 0.735. The smallest absolute Gasteiger partial charge is 0.181 e. The summed E-state index contributed by atoms with van der Waals surface area (Å²) in [6.45, 7) is 3.56. The van der Waals surface area contributed by atoms with Crippen LogP contribution in [0.1, 0.15) is 11.4 Å². The summed E-state index contributed by atoms with van der Waals surface area (Å²) in [5.74, 6) is 1.06. The van der Waals surface area contributed by atoms with E-state index in [1.807, 2.05) is 0 Å². The molecule has 0 aliphatic rings. The summed E-state index contributed by atoms with van der Waals surface area (Å²) in [7, 11) is 0. The summed E-state index contributed by atoms with van der Waals surface area (Å²) in [5, 5.41) is 0.678. The van der Waals surface area contributed by atoms with Crippen LogP contribution < -0.4 is 0 Å². The van der Waals surface area contributed by atoms with Crippen LogP contribution in [0.15, 0.2) is 12.3 Å². The lowest BCUT2D eigenvalue weighted by Crippen LogP contribution is -1.97. The van der Waals surface area contributed by atoms with E-state index in [-0.39, 0.29) is 0 Å². The van der Waals surface area contributed by atoms with E-state index in [1.165, 1.54) is 0 Å². The number of nitrogens with zero attached hydrogens (tertiary/aromatic N) is 4. The highest BCUT2D eigenvalue weighted by Gasteiger charge is 2.10. The fraction of sp³-hybridized carbons (Fsp3) is 0.200. The number of rotatable bonds is 1. The van der Waals surface area contributed by atoms with Crippen molar-refractivity contribution in [3.8, 4) is 11.5 Å². The van der Waals surface area contributed by atoms with Crippen LogP contribution in [-0.2, 0) is 0 Å². The van der Waals surface area contributed by atoms with Gasteiger partial charge in [0.05, 0.1) is 0 Å². The van der Waals surface area contributed by atoms with E-state index in [2.05, 4.69) is 19.9 Å². The van der Waals surface area contributed by atoms with Crippen molar-refractivity contribution in [3.05, 3.63) is 34.0 Å². The predicted octanol–water partition coefficient (Wildman–Crippen LogP) is 2.86. The lowest BCUT2D eigenvalue weighted by atomic mass is 10.3. The van der Waals surface area contributed by atoms with Gasteiger partial charge in [0.25, 0.3) is 0 Å². The van der Waals surface area contributed by atoms with Crippen LogP contribution in [0.3, 0.4) is 0 Å². The molecule has 0 unspecified atom stereocenters. The Balaban J connectivity index is 2.57. The molecule has 0 N–H and O–H groups in total. The van der Waals surface area contributed by atoms with Crippen LogP contribution in [0.2, 0.25) is 10.3 Å². The van der Waals surface area contributed by atoms with Gasteiger partial charge in [0.2, 0.25) is 0 Å². The molecule has 2 rings (SSSR count). The van der Waals surface area contributed by atoms with Crippen molar-refractivity contribution < 1.29 is 0 Å². The second-order valence-corrected chi connectivity index (χ2v) is 3.96. The van der Waals surface area contributed by atoms with E-state index < -0.39 is 0 Å². The normalized spacial score (nSPS) is 10.5. The molecule has 2 heterocycles. The molecule has 82 valence electrons. The minimum atomic E-state index is 0.339. The van der Waals surface area contributed by atoms with Gasteiger partial charge in [-0.2, -0.15) is 0 Å². The van der Waals surface area contributed by atoms with Gasteiger partial charge in [-0.15, -0.1) is 0 Å². The number of halogens is 2. The Kier molecular flexibility index (Phi) is 3.03. The highest BCUT2D eigenvalue weighted by molar-refractivity contribution is 6.34. The first-order valence-electron chi connectivity index (χ1n) is 4.57. The summed E-state index contributed by atoms with van der Waals surface area (Å²) >= 11 is 11.9. The second kappa shape index (κ2) is 4.31. The molecule has 0 aromatic carbocycles. The summed E-state index contributed by atoms with van der Waals surface area (Å²) < 4.78 is 0. The van der Waals surface area contributed by atoms with Crippen molar-refractivity contribution >= 4 is 23.2 Å². The van der Waals surface area contributed by atoms with Gasteiger partial charge in [0, 0.05) is 11.8 Å². The van der Waals surface area contributed by atoms with Crippen molar-refractivity contribution in [1.82, 2.24) is 19.9 Å². The summed E-state index contributed by atoms with van der Waals surface area (Å²) in [6, 6.07) is 1.71. The summed E-state index contributed by atoms with van der Waals surface area (Å²) in [4.78, 5) is 16.4. The van der Waals surface area contributed by atoms with Crippen molar-refractivity contribution in [2.75, 3.05) is 0 Å². The highest BCUT2D eigenvalue weighted by Crippen LogP contribution is 2.23. The van der Waals surface area contributed by atoms with Crippen LogP contribution in [0.25, 0.3) is 11.5 Å². The maximum Gasteiger partial charge on any atom is 0.181 e. The monoisotopic (exact) mass is 254 g/mol. The molecule has 4 nitrogen and oxygen atoms in total. The predicted molar refractivity (Wildman–Crippen MR) is 62.6 cm³/mol. The van der Waals surface area contributed by atoms with Crippen molar-refractivity contribution in [3.63, 3.8) is 0 Å². The Labute approximate surface area is 103 Å². The van der Waals surface area contributed by atoms with E-state index in [0.717, 1.165) is 0 Å². The Bertz CT molecular complexity index is 519. The van der Waals surface area contributed by atoms with Gasteiger partial charge in [-0.3, -0.25) is 0 Å². The van der Waals surface area contributed by atoms with Gasteiger partial charge < -0.3 is 0 Å². The molecular formula is C10H8Cl2N4. The molecule has 0 saturated heterocycles. The van der Waals surface area contributed by atoms with Crippen LogP contribution >= 0.6 is 23.2 Å². The molecule has 16 heavy (non-hydrogen) atoms. The maximum atomic E-state index is 5.93. The minimum Gasteiger partial charge on any atom is -0.242 e. The molecule has 0 amide bonds. The Morgan fingerprint density at radius 3 is 2.19 bits per heavy atom. The third-order valence-corrected chi connectivity index (χ3v) is 2.77. The van der Waals surface area contributed by atoms with Crippen LogP contribution in [0, 0.1) is 13.8 Å². The van der Waals surface area contributed by atoms with Gasteiger partial charge in [0.15, 0.2) is 5.82 Å². The van der Waals surface area contributed by atoms with E-state index in [0.29, 0.717) is 33.2 Å². The lowest BCUT2D eigenvalue weighted by molar-refractivity contribution is 1.03. The molecule has 0 radical (unpaired) electrons. The Hall–Kier alpha value is -1.26. The molecule has 0 atom stereocenters. The van der Waals surface area contributed by atoms with Crippen molar-refractivity contribution in [1.29, 1.82) is 0 Å². The van der Waals surface area contributed by atoms with Gasteiger partial charge in [-0.1, -0.05) is 23.2 Å². The van der Waals surface area contributed by atoms with E-state index in [4.69, 9.17) is 23.2 Å². The Morgan fingerprint density at radius 2 is 1.62 bits per heavy atom. The fourth-order valence-electron chi connectivity index (χ4n) is 1.16. The van der Waals surface area contributed by atoms with Crippen molar-refractivity contribution in [2.45, 2.75) is 13.8 Å². The summed E-state index contributed by atoms with van der Waals surface area (Å²) in [6.07, 6.45) is 1.64. The molecular weight excluding hydrogens is 247 g/mol. The van der Waals surface area contributed by atoms with Crippen LogP contribution in [0.5, 0.6) is 0 Å². The second-order valence-electron chi connectivity index (χ2n) is 3.24. The van der Waals surface area contributed by atoms with Gasteiger partial charge in [0.1, 0.15) is 21.8 Å². The Morgan fingerprint density at radius 1 is 1.00 bits per heavy atom. The van der Waals surface area contributed by atoms with Gasteiger partial charge in [-0.25, -0.2) is 19.9 Å². The standard InChI is InChI=1S/C10H8Cl2N4/c1-5-8(11)15-10(16-9(5)12)7-3-4-13-6(2)14-7/h3-4H,1-2H3. The molecule has 0 fully saturated rings. The first-order valence-corrected chi connectivity index (χ1v) is 5.33. The zero-order chi connectivity index (χ0) is 11.7. The van der Waals surface area contributed by atoms with E-state index in [1.54, 1.807) is 26.1 Å². The first kappa shape index (κ1) is 11.2. The number of hydrogen-bond acceptors (Lipinski definition) is 4. The zero-order valence-corrected chi connectivity index (χ0v) is 10.2. The number of aryl methyl sites for hydroxylation is 1. The summed E-state index contributed by atoms with van der Waals surface area (Å²) in [5.41, 5.74) is 1.27. The molecule has 0 bridgehead atoms. The fourth-order valence-corrected chi connectivity index (χ4v) is 1.55. The third kappa shape index (κ3) is 2.13.